The van der Waals surface area contributed by atoms with Gasteiger partial charge in [0.2, 0.25) is 23.6 Å². The van der Waals surface area contributed by atoms with Crippen LogP contribution in [0.25, 0.3) is 0 Å². The van der Waals surface area contributed by atoms with Crippen LogP contribution in [0, 0.1) is 51.4 Å². The van der Waals surface area contributed by atoms with Crippen LogP contribution in [0.1, 0.15) is 189 Å². The number of nitrogens with one attached hydrogen (secondary N) is 5. The lowest BCUT2D eigenvalue weighted by atomic mass is 9.89. The van der Waals surface area contributed by atoms with Crippen molar-refractivity contribution in [2.24, 2.45) is 46.6 Å². The molecule has 8 heterocycles. The molecule has 616 valence electrons. The summed E-state index contributed by atoms with van der Waals surface area (Å²) in [6.07, 6.45) is 17.8. The maximum atomic E-state index is 13.0. The molecule has 18 N–H and O–H groups in total. The number of piperidine rings is 4. The van der Waals surface area contributed by atoms with E-state index in [4.69, 9.17) is 28.0 Å². The van der Waals surface area contributed by atoms with Gasteiger partial charge in [-0.25, -0.2) is 4.79 Å². The average molecular weight is 1600 g/mol. The van der Waals surface area contributed by atoms with Gasteiger partial charge in [-0.2, -0.15) is 0 Å². The van der Waals surface area contributed by atoms with E-state index in [0.717, 1.165) is 73.2 Å². The number of carboxylic acid groups (broad SMARTS) is 1. The van der Waals surface area contributed by atoms with Gasteiger partial charge in [0.1, 0.15) is 23.0 Å². The van der Waals surface area contributed by atoms with Crippen molar-refractivity contribution in [3.63, 3.8) is 0 Å². The minimum Gasteiger partial charge on any atom is -0.508 e. The summed E-state index contributed by atoms with van der Waals surface area (Å²) in [6.45, 7) is 18.2. The maximum absolute atomic E-state index is 13.0. The summed E-state index contributed by atoms with van der Waals surface area (Å²) in [6, 6.07) is 26.7. The van der Waals surface area contributed by atoms with E-state index in [0.29, 0.717) is 48.1 Å². The van der Waals surface area contributed by atoms with Crippen molar-refractivity contribution in [1.29, 1.82) is 0 Å². The lowest BCUT2D eigenvalue weighted by Crippen LogP contribution is -2.46. The van der Waals surface area contributed by atoms with Gasteiger partial charge in [0, 0.05) is 50.5 Å². The molecule has 0 radical (unpaired) electrons. The van der Waals surface area contributed by atoms with Gasteiger partial charge in [-0.05, 0) is 202 Å². The highest BCUT2D eigenvalue weighted by atomic mass is 16.4. The van der Waals surface area contributed by atoms with E-state index in [9.17, 15) is 78.0 Å². The number of nitrogens with two attached hydrogens (primary N) is 4. The van der Waals surface area contributed by atoms with Gasteiger partial charge in [0.05, 0.1) is 87.9 Å². The normalized spacial score (nSPS) is 18.6. The zero-order chi connectivity index (χ0) is 85.6. The highest BCUT2D eigenvalue weighted by Crippen LogP contribution is 2.39. The molecule has 0 spiro atoms. The molecule has 8 atom stereocenters. The molecule has 117 heavy (non-hydrogen) atoms. The summed E-state index contributed by atoms with van der Waals surface area (Å²) in [5.74, 6) is -7.40. The molecular formula is C84H98N16O17. The summed E-state index contributed by atoms with van der Waals surface area (Å²) in [5.41, 5.74) is 29.0. The predicted molar refractivity (Wildman–Crippen MR) is 432 cm³/mol. The van der Waals surface area contributed by atoms with E-state index in [1.165, 1.54) is 92.2 Å². The number of hydrogen-bond acceptors (Lipinski definition) is 21. The monoisotopic (exact) mass is 1600 g/mol. The Morgan fingerprint density at radius 2 is 0.607 bits per heavy atom. The number of nitrogens with zero attached hydrogens (tertiary/aromatic N) is 7. The summed E-state index contributed by atoms with van der Waals surface area (Å²) in [5, 5.41) is 60.2. The number of amides is 11. The van der Waals surface area contributed by atoms with Crippen LogP contribution in [-0.4, -0.2) is 157 Å². The molecule has 4 aliphatic heterocycles. The molecular weight excluding hydrogens is 1510 g/mol. The number of carbonyl (C=O) groups excluding carboxylic acids is 11. The van der Waals surface area contributed by atoms with Crippen LogP contribution in [0.3, 0.4) is 0 Å². The summed E-state index contributed by atoms with van der Waals surface area (Å²) in [4.78, 5) is 162. The van der Waals surface area contributed by atoms with Crippen molar-refractivity contribution < 1.29 is 83.1 Å². The third kappa shape index (κ3) is 24.9. The fourth-order valence-corrected chi connectivity index (χ4v) is 13.7. The Morgan fingerprint density at radius 3 is 0.855 bits per heavy atom. The number of anilines is 4. The highest BCUT2D eigenvalue weighted by Gasteiger charge is 2.38. The van der Waals surface area contributed by atoms with Gasteiger partial charge in [0.15, 0.2) is 0 Å². The van der Waals surface area contributed by atoms with Crippen molar-refractivity contribution in [3.05, 3.63) is 213 Å². The molecule has 4 unspecified atom stereocenters. The van der Waals surface area contributed by atoms with Crippen LogP contribution in [0.15, 0.2) is 147 Å². The van der Waals surface area contributed by atoms with Crippen molar-refractivity contribution in [2.75, 3.05) is 47.4 Å². The van der Waals surface area contributed by atoms with E-state index in [2.05, 4.69) is 54.2 Å². The van der Waals surface area contributed by atoms with Gasteiger partial charge in [0.25, 0.3) is 0 Å². The number of hydrogen-bond donors (Lipinski definition) is 14. The number of benzene rings is 4. The number of carbonyl (C=O) groups is 12. The standard InChI is InChI=1S/3C21H24N4O4.C13H19NO.C8H7N3O4/c3*1-12-3-5-17(14-4-6-18(26)13(2)7-14)25(11-12)21(29)20(28)24-16-8-15(19(22)27)9-23-10-16;1-9-3-5-12(14-8-9)11-4-6-13(15)10(2)7-11;9-6(12)4-1-5(3-10-2-4)11-7(13)8(14)15/h3*4,6-10,12,17,26H,3,5,11H2,1-2H3,(H2,22,27)(H,24,28);4,6-7,9,12,14-15H,3,5,8H2,1-2H3;1-3H,(H2,9,12)(H,11,13)(H,14,15)/t2*12-,17+;;;/m10.../s1. The van der Waals surface area contributed by atoms with E-state index < -0.39 is 70.9 Å². The van der Waals surface area contributed by atoms with Crippen LogP contribution in [0.4, 0.5) is 22.7 Å². The minimum atomic E-state index is -1.63. The minimum absolute atomic E-state index is 0.0817. The Kier molecular flexibility index (Phi) is 31.0. The molecule has 11 amide bonds. The number of phenols is 4. The van der Waals surface area contributed by atoms with Gasteiger partial charge < -0.3 is 89.8 Å². The number of aromatic hydroxyl groups is 4. The molecule has 0 bridgehead atoms. The van der Waals surface area contributed by atoms with Crippen LogP contribution in [-0.2, 0) is 38.4 Å². The van der Waals surface area contributed by atoms with E-state index in [-0.39, 0.29) is 98.1 Å². The number of pyridine rings is 4. The number of phenolic OH excluding ortho intramolecular Hbond substituents is 4. The van der Waals surface area contributed by atoms with Gasteiger partial charge in [-0.1, -0.05) is 76.2 Å². The number of carboxylic acids is 1. The van der Waals surface area contributed by atoms with Gasteiger partial charge in [-0.3, -0.25) is 72.7 Å². The lowest BCUT2D eigenvalue weighted by Gasteiger charge is -2.38. The number of aryl methyl sites for hydroxylation is 4. The third-order valence-electron chi connectivity index (χ3n) is 20.2. The largest absolute Gasteiger partial charge is 0.508 e. The van der Waals surface area contributed by atoms with Crippen LogP contribution >= 0.6 is 0 Å². The average Bonchev–Trinajstić information content (AvgIpc) is 0.810. The molecule has 4 saturated heterocycles. The molecule has 4 aromatic heterocycles. The summed E-state index contributed by atoms with van der Waals surface area (Å²) < 4.78 is 0. The number of primary amides is 4. The number of aliphatic carboxylic acids is 1. The summed E-state index contributed by atoms with van der Waals surface area (Å²) in [7, 11) is 0. The molecule has 4 fully saturated rings. The summed E-state index contributed by atoms with van der Waals surface area (Å²) >= 11 is 0. The van der Waals surface area contributed by atoms with Crippen LogP contribution < -0.4 is 49.5 Å². The second-order valence-electron chi connectivity index (χ2n) is 29.7. The molecule has 33 nitrogen and oxygen atoms in total. The molecule has 33 heteroatoms. The number of rotatable bonds is 12. The molecule has 4 aromatic carbocycles. The topological polar surface area (TPSA) is 531 Å². The first-order valence-electron chi connectivity index (χ1n) is 37.8. The molecule has 4 aliphatic rings. The first-order chi connectivity index (χ1) is 55.4. The second kappa shape index (κ2) is 40.8. The molecule has 8 aromatic rings. The predicted octanol–water partition coefficient (Wildman–Crippen LogP) is 8.36. The van der Waals surface area contributed by atoms with Crippen molar-refractivity contribution in [1.82, 2.24) is 40.0 Å². The maximum Gasteiger partial charge on any atom is 0.394 e. The molecule has 12 rings (SSSR count). The smallest absolute Gasteiger partial charge is 0.394 e. The quantitative estimate of drug-likeness (QED) is 0.0511. The molecule has 0 aliphatic carbocycles. The SMILES string of the molecule is Cc1cc(C2CCC(C)CN2)ccc1O.Cc1cc(C2CCC(C)CN2C(=O)C(=O)Nc2cncc(C(N)=O)c2)ccc1O.Cc1cc([C@@H]2CC[C@@H](C)CN2C(=O)C(=O)Nc2cncc(C(N)=O)c2)ccc1O.Cc1cc([C@H]2CC[C@H](C)CN2C(=O)C(=O)Nc2cncc(C(N)=O)c2)ccc1O.NC(=O)c1cncc(NC(=O)C(=O)O)c1. The first-order valence-corrected chi connectivity index (χ1v) is 37.8. The van der Waals surface area contributed by atoms with E-state index in [1.54, 1.807) is 77.9 Å². The first kappa shape index (κ1) is 88.8. The van der Waals surface area contributed by atoms with Crippen molar-refractivity contribution >= 4 is 93.7 Å². The second-order valence-corrected chi connectivity index (χ2v) is 29.7. The van der Waals surface area contributed by atoms with Crippen LogP contribution in [0.5, 0.6) is 23.0 Å². The van der Waals surface area contributed by atoms with Crippen molar-refractivity contribution in [2.45, 2.75) is 131 Å². The van der Waals surface area contributed by atoms with E-state index >= 15 is 0 Å². The zero-order valence-corrected chi connectivity index (χ0v) is 66.0. The van der Waals surface area contributed by atoms with Crippen molar-refractivity contribution in [3.8, 4) is 23.0 Å². The van der Waals surface area contributed by atoms with Crippen LogP contribution in [0.2, 0.25) is 0 Å². The Morgan fingerprint density at radius 1 is 0.350 bits per heavy atom. The zero-order valence-electron chi connectivity index (χ0n) is 66.0. The lowest BCUT2D eigenvalue weighted by molar-refractivity contribution is -0.147. The Bertz CT molecular complexity index is 4670. The Labute approximate surface area is 675 Å². The fraction of sp³-hybridized carbons (Fsp3) is 0.333. The van der Waals surface area contributed by atoms with Gasteiger partial charge in [-0.15, -0.1) is 0 Å². The number of likely N-dealkylation sites (tertiary alicyclic amines) is 3. The fourth-order valence-electron chi connectivity index (χ4n) is 13.7. The number of aromatic nitrogens is 4. The molecule has 0 saturated carbocycles. The van der Waals surface area contributed by atoms with E-state index in [1.807, 2.05) is 57.3 Å². The highest BCUT2D eigenvalue weighted by molar-refractivity contribution is 6.41. The van der Waals surface area contributed by atoms with Gasteiger partial charge >= 0.3 is 47.3 Å². The Balaban J connectivity index is 0.000000187. The Hall–Kier alpha value is -13.7. The third-order valence-corrected chi connectivity index (χ3v) is 20.2.